The number of nitrogens with two attached hydrogens (primary N) is 1. The lowest BCUT2D eigenvalue weighted by Crippen LogP contribution is -2.09. The summed E-state index contributed by atoms with van der Waals surface area (Å²) in [5, 5.41) is 4.58. The summed E-state index contributed by atoms with van der Waals surface area (Å²) < 4.78 is 7.33. The smallest absolute Gasteiger partial charge is 0.221 e. The zero-order chi connectivity index (χ0) is 14.7. The van der Waals surface area contributed by atoms with E-state index in [9.17, 15) is 0 Å². The van der Waals surface area contributed by atoms with Gasteiger partial charge in [0.25, 0.3) is 0 Å². The van der Waals surface area contributed by atoms with Gasteiger partial charge in [-0.25, -0.2) is 14.6 Å². The minimum absolute atomic E-state index is 0.569. The topological polar surface area (TPSA) is 78.9 Å². The van der Waals surface area contributed by atoms with Crippen molar-refractivity contribution in [3.8, 4) is 11.7 Å². The van der Waals surface area contributed by atoms with Crippen molar-refractivity contribution >= 4 is 5.69 Å². The quantitative estimate of drug-likeness (QED) is 0.903. The standard InChI is InChI=1S/C14H21N5O/c1-5-10-12(15)11(6-2)19(18-10)13-9(4)14(20-7-3)17-8-16-13/h8H,5-7,15H2,1-4H3. The maximum atomic E-state index is 6.15. The molecule has 0 atom stereocenters. The minimum atomic E-state index is 0.569. The number of aryl methyl sites for hydroxylation is 1. The highest BCUT2D eigenvalue weighted by atomic mass is 16.5. The minimum Gasteiger partial charge on any atom is -0.478 e. The van der Waals surface area contributed by atoms with Crippen LogP contribution in [0.15, 0.2) is 6.33 Å². The molecule has 0 radical (unpaired) electrons. The zero-order valence-corrected chi connectivity index (χ0v) is 12.5. The Kier molecular flexibility index (Phi) is 4.22. The second kappa shape index (κ2) is 5.90. The van der Waals surface area contributed by atoms with Crippen LogP contribution in [0.4, 0.5) is 5.69 Å². The molecule has 0 saturated heterocycles. The number of ether oxygens (including phenoxy) is 1. The first-order valence-electron chi connectivity index (χ1n) is 6.94. The van der Waals surface area contributed by atoms with E-state index in [1.165, 1.54) is 6.33 Å². The van der Waals surface area contributed by atoms with E-state index in [-0.39, 0.29) is 0 Å². The van der Waals surface area contributed by atoms with E-state index in [0.717, 1.165) is 41.3 Å². The summed E-state index contributed by atoms with van der Waals surface area (Å²) in [4.78, 5) is 8.50. The van der Waals surface area contributed by atoms with E-state index in [4.69, 9.17) is 10.5 Å². The van der Waals surface area contributed by atoms with Crippen molar-refractivity contribution in [3.05, 3.63) is 23.3 Å². The predicted molar refractivity (Wildman–Crippen MR) is 78.2 cm³/mol. The van der Waals surface area contributed by atoms with Gasteiger partial charge in [-0.1, -0.05) is 13.8 Å². The average molecular weight is 275 g/mol. The number of nitrogen functional groups attached to an aromatic ring is 1. The maximum absolute atomic E-state index is 6.15. The molecule has 0 aliphatic carbocycles. The van der Waals surface area contributed by atoms with Crippen LogP contribution in [0.2, 0.25) is 0 Å². The van der Waals surface area contributed by atoms with Gasteiger partial charge in [-0.05, 0) is 26.7 Å². The Morgan fingerprint density at radius 2 is 1.95 bits per heavy atom. The van der Waals surface area contributed by atoms with Gasteiger partial charge in [0.2, 0.25) is 5.88 Å². The van der Waals surface area contributed by atoms with E-state index >= 15 is 0 Å². The second-order valence-electron chi connectivity index (χ2n) is 4.49. The molecule has 0 amide bonds. The summed E-state index contributed by atoms with van der Waals surface area (Å²) in [6, 6.07) is 0. The van der Waals surface area contributed by atoms with Gasteiger partial charge >= 0.3 is 0 Å². The first-order chi connectivity index (χ1) is 9.63. The van der Waals surface area contributed by atoms with Crippen molar-refractivity contribution in [2.45, 2.75) is 40.5 Å². The lowest BCUT2D eigenvalue weighted by atomic mass is 10.2. The summed E-state index contributed by atoms with van der Waals surface area (Å²) in [7, 11) is 0. The Hall–Kier alpha value is -2.11. The zero-order valence-electron chi connectivity index (χ0n) is 12.5. The number of nitrogens with zero attached hydrogens (tertiary/aromatic N) is 4. The van der Waals surface area contributed by atoms with Gasteiger partial charge in [-0.2, -0.15) is 5.10 Å². The molecule has 0 aromatic carbocycles. The van der Waals surface area contributed by atoms with Crippen molar-refractivity contribution in [2.24, 2.45) is 0 Å². The van der Waals surface area contributed by atoms with E-state index in [0.29, 0.717) is 12.5 Å². The SMILES string of the molecule is CCOc1ncnc(-n2nc(CC)c(N)c2CC)c1C. The molecule has 0 saturated carbocycles. The average Bonchev–Trinajstić information content (AvgIpc) is 2.77. The van der Waals surface area contributed by atoms with Gasteiger partial charge in [0, 0.05) is 0 Å². The van der Waals surface area contributed by atoms with Crippen LogP contribution < -0.4 is 10.5 Å². The summed E-state index contributed by atoms with van der Waals surface area (Å²) in [5.74, 6) is 1.32. The van der Waals surface area contributed by atoms with Crippen molar-refractivity contribution in [2.75, 3.05) is 12.3 Å². The molecule has 6 nitrogen and oxygen atoms in total. The number of hydrogen-bond donors (Lipinski definition) is 1. The molecule has 2 heterocycles. The molecular formula is C14H21N5O. The van der Waals surface area contributed by atoms with E-state index < -0.39 is 0 Å². The summed E-state index contributed by atoms with van der Waals surface area (Å²) >= 11 is 0. The highest BCUT2D eigenvalue weighted by Gasteiger charge is 2.18. The van der Waals surface area contributed by atoms with Crippen LogP contribution >= 0.6 is 0 Å². The Balaban J connectivity index is 2.59. The molecule has 6 heteroatoms. The predicted octanol–water partition coefficient (Wildman–Crippen LogP) is 2.08. The Morgan fingerprint density at radius 1 is 1.20 bits per heavy atom. The largest absolute Gasteiger partial charge is 0.478 e. The molecule has 2 N–H and O–H groups in total. The van der Waals surface area contributed by atoms with Gasteiger partial charge in [0.15, 0.2) is 5.82 Å². The molecule has 20 heavy (non-hydrogen) atoms. The third kappa shape index (κ3) is 2.33. The maximum Gasteiger partial charge on any atom is 0.221 e. The Morgan fingerprint density at radius 3 is 2.55 bits per heavy atom. The molecule has 0 aliphatic rings. The summed E-state index contributed by atoms with van der Waals surface area (Å²) in [6.07, 6.45) is 3.09. The lowest BCUT2D eigenvalue weighted by molar-refractivity contribution is 0.323. The lowest BCUT2D eigenvalue weighted by Gasteiger charge is -2.11. The number of rotatable bonds is 5. The van der Waals surface area contributed by atoms with Crippen LogP contribution in [0.3, 0.4) is 0 Å². The molecule has 0 spiro atoms. The molecule has 2 rings (SSSR count). The highest BCUT2D eigenvalue weighted by Crippen LogP contribution is 2.25. The Bertz CT molecular complexity index is 606. The highest BCUT2D eigenvalue weighted by molar-refractivity contribution is 5.52. The molecule has 108 valence electrons. The third-order valence-electron chi connectivity index (χ3n) is 3.26. The monoisotopic (exact) mass is 275 g/mol. The van der Waals surface area contributed by atoms with Gasteiger partial charge in [0.05, 0.1) is 29.2 Å². The molecule has 2 aromatic rings. The van der Waals surface area contributed by atoms with Crippen LogP contribution in [-0.2, 0) is 12.8 Å². The summed E-state index contributed by atoms with van der Waals surface area (Å²) in [5.41, 5.74) is 9.66. The molecule has 0 fully saturated rings. The molecular weight excluding hydrogens is 254 g/mol. The van der Waals surface area contributed by atoms with Crippen LogP contribution in [0, 0.1) is 6.92 Å². The van der Waals surface area contributed by atoms with Crippen LogP contribution in [-0.4, -0.2) is 26.4 Å². The first-order valence-corrected chi connectivity index (χ1v) is 6.94. The van der Waals surface area contributed by atoms with Crippen molar-refractivity contribution in [1.29, 1.82) is 0 Å². The van der Waals surface area contributed by atoms with Crippen LogP contribution in [0.1, 0.15) is 37.7 Å². The van der Waals surface area contributed by atoms with Crippen LogP contribution in [0.25, 0.3) is 5.82 Å². The second-order valence-corrected chi connectivity index (χ2v) is 4.49. The molecule has 0 bridgehead atoms. The summed E-state index contributed by atoms with van der Waals surface area (Å²) in [6.45, 7) is 8.53. The van der Waals surface area contributed by atoms with Gasteiger partial charge in [-0.3, -0.25) is 0 Å². The molecule has 0 unspecified atom stereocenters. The van der Waals surface area contributed by atoms with E-state index in [1.54, 1.807) is 0 Å². The fourth-order valence-electron chi connectivity index (χ4n) is 2.21. The van der Waals surface area contributed by atoms with Gasteiger partial charge < -0.3 is 10.5 Å². The third-order valence-corrected chi connectivity index (χ3v) is 3.26. The number of hydrogen-bond acceptors (Lipinski definition) is 5. The number of aromatic nitrogens is 4. The normalized spacial score (nSPS) is 10.8. The fraction of sp³-hybridized carbons (Fsp3) is 0.500. The van der Waals surface area contributed by atoms with Crippen LogP contribution in [0.5, 0.6) is 5.88 Å². The van der Waals surface area contributed by atoms with Crippen molar-refractivity contribution < 1.29 is 4.74 Å². The number of anilines is 1. The molecule has 2 aromatic heterocycles. The fourth-order valence-corrected chi connectivity index (χ4v) is 2.21. The van der Waals surface area contributed by atoms with Gasteiger partial charge in [0.1, 0.15) is 6.33 Å². The van der Waals surface area contributed by atoms with E-state index in [1.807, 2.05) is 25.5 Å². The first kappa shape index (κ1) is 14.3. The van der Waals surface area contributed by atoms with E-state index in [2.05, 4.69) is 22.0 Å². The van der Waals surface area contributed by atoms with Gasteiger partial charge in [-0.15, -0.1) is 0 Å². The Labute approximate surface area is 119 Å². The van der Waals surface area contributed by atoms with Crippen molar-refractivity contribution in [3.63, 3.8) is 0 Å². The van der Waals surface area contributed by atoms with Crippen molar-refractivity contribution in [1.82, 2.24) is 19.7 Å². The molecule has 0 aliphatic heterocycles.